The molecule has 6 atom stereocenters. The van der Waals surface area contributed by atoms with Crippen LogP contribution in [0.4, 0.5) is 0 Å². The summed E-state index contributed by atoms with van der Waals surface area (Å²) in [4.78, 5) is 37.0. The summed E-state index contributed by atoms with van der Waals surface area (Å²) in [6, 6.07) is 0. The molecular weight excluding hydrogens is 364 g/mol. The average Bonchev–Trinajstić information content (AvgIpc) is 2.95. The Hall–Kier alpha value is -1.71. The number of carbonyl (C=O) groups is 3. The van der Waals surface area contributed by atoms with Crippen LogP contribution in [0.1, 0.15) is 72.6 Å². The van der Waals surface area contributed by atoms with E-state index < -0.39 is 11.4 Å². The van der Waals surface area contributed by atoms with E-state index in [-0.39, 0.29) is 28.0 Å². The third kappa shape index (κ3) is 2.60. The van der Waals surface area contributed by atoms with Crippen molar-refractivity contribution in [1.82, 2.24) is 0 Å². The number of carbonyl (C=O) groups excluding carboxylic acids is 2. The zero-order valence-electron chi connectivity index (χ0n) is 18.2. The highest BCUT2D eigenvalue weighted by Gasteiger charge is 2.67. The minimum Gasteiger partial charge on any atom is -0.478 e. The molecule has 4 heteroatoms. The van der Waals surface area contributed by atoms with Crippen LogP contribution in [-0.2, 0) is 14.4 Å². The topological polar surface area (TPSA) is 71.4 Å². The van der Waals surface area contributed by atoms with Crippen molar-refractivity contribution in [2.45, 2.75) is 72.6 Å². The van der Waals surface area contributed by atoms with Gasteiger partial charge in [0.1, 0.15) is 5.78 Å². The second kappa shape index (κ2) is 6.39. The van der Waals surface area contributed by atoms with Crippen LogP contribution in [-0.4, -0.2) is 22.6 Å². The van der Waals surface area contributed by atoms with E-state index >= 15 is 0 Å². The highest BCUT2D eigenvalue weighted by Crippen LogP contribution is 2.71. The van der Waals surface area contributed by atoms with E-state index in [0.717, 1.165) is 32.1 Å². The van der Waals surface area contributed by atoms with Crippen molar-refractivity contribution in [3.63, 3.8) is 0 Å². The number of hydrogen-bond acceptors (Lipinski definition) is 3. The van der Waals surface area contributed by atoms with E-state index in [1.165, 1.54) is 5.57 Å². The first-order chi connectivity index (χ1) is 13.5. The molecule has 4 aliphatic carbocycles. The second-order valence-electron chi connectivity index (χ2n) is 11.0. The van der Waals surface area contributed by atoms with Crippen LogP contribution in [0.2, 0.25) is 0 Å². The molecule has 3 unspecified atom stereocenters. The molecule has 4 aliphatic rings. The van der Waals surface area contributed by atoms with Gasteiger partial charge < -0.3 is 5.11 Å². The van der Waals surface area contributed by atoms with E-state index in [4.69, 9.17) is 0 Å². The van der Waals surface area contributed by atoms with E-state index in [9.17, 15) is 19.5 Å². The molecular formula is C25H34O4. The van der Waals surface area contributed by atoms with E-state index in [1.807, 2.05) is 6.08 Å². The van der Waals surface area contributed by atoms with Gasteiger partial charge in [-0.05, 0) is 86.0 Å². The Bertz CT molecular complexity index is 834. The minimum absolute atomic E-state index is 0.0224. The van der Waals surface area contributed by atoms with Gasteiger partial charge in [-0.1, -0.05) is 32.9 Å². The lowest BCUT2D eigenvalue weighted by molar-refractivity contribution is -0.145. The summed E-state index contributed by atoms with van der Waals surface area (Å²) in [6.07, 6.45) is 7.89. The molecule has 0 saturated heterocycles. The minimum atomic E-state index is -1.04. The molecule has 0 bridgehead atoms. The van der Waals surface area contributed by atoms with Crippen molar-refractivity contribution in [2.24, 2.45) is 39.9 Å². The Morgan fingerprint density at radius 2 is 1.79 bits per heavy atom. The number of rotatable bonds is 3. The summed E-state index contributed by atoms with van der Waals surface area (Å²) in [7, 11) is 0. The summed E-state index contributed by atoms with van der Waals surface area (Å²) in [6.45, 7) is 12.2. The third-order valence-corrected chi connectivity index (χ3v) is 9.52. The Balaban J connectivity index is 1.76. The summed E-state index contributed by atoms with van der Waals surface area (Å²) < 4.78 is 0. The highest BCUT2D eigenvalue weighted by molar-refractivity contribution is 5.99. The highest BCUT2D eigenvalue weighted by atomic mass is 16.4. The van der Waals surface area contributed by atoms with Gasteiger partial charge in [0.05, 0.1) is 5.41 Å². The van der Waals surface area contributed by atoms with E-state index in [0.29, 0.717) is 36.5 Å². The Morgan fingerprint density at radius 1 is 1.10 bits per heavy atom. The second-order valence-corrected chi connectivity index (χ2v) is 11.0. The lowest BCUT2D eigenvalue weighted by Gasteiger charge is -2.59. The van der Waals surface area contributed by atoms with Gasteiger partial charge in [-0.15, -0.1) is 0 Å². The van der Waals surface area contributed by atoms with Gasteiger partial charge in [0.2, 0.25) is 0 Å². The molecule has 0 amide bonds. The Labute approximate surface area is 173 Å². The molecule has 3 fully saturated rings. The maximum atomic E-state index is 13.0. The SMILES string of the molecule is C=C(C(=O)O)[C@@]1(C(C)=O)CCC2C3CC(C)(C)C4=CC(=O)CC[C@@H]4C3CC[C@@]21C. The van der Waals surface area contributed by atoms with Crippen molar-refractivity contribution in [3.8, 4) is 0 Å². The number of fused-ring (bicyclic) bond motifs is 5. The Morgan fingerprint density at radius 3 is 2.41 bits per heavy atom. The summed E-state index contributed by atoms with van der Waals surface area (Å²) in [5, 5.41) is 9.76. The van der Waals surface area contributed by atoms with Gasteiger partial charge in [0, 0.05) is 12.0 Å². The summed E-state index contributed by atoms with van der Waals surface area (Å²) in [5.41, 5.74) is 0.108. The van der Waals surface area contributed by atoms with Gasteiger partial charge in [-0.25, -0.2) is 4.79 Å². The predicted octanol–water partition coefficient (Wildman–Crippen LogP) is 4.98. The molecule has 0 aromatic carbocycles. The van der Waals surface area contributed by atoms with Crippen LogP contribution in [0.15, 0.2) is 23.8 Å². The lowest BCUT2D eigenvalue weighted by atomic mass is 9.44. The number of ketones is 2. The number of carboxylic acids is 1. The van der Waals surface area contributed by atoms with Crippen molar-refractivity contribution >= 4 is 17.5 Å². The molecule has 3 saturated carbocycles. The predicted molar refractivity (Wildman–Crippen MR) is 111 cm³/mol. The quantitative estimate of drug-likeness (QED) is 0.681. The van der Waals surface area contributed by atoms with Crippen LogP contribution < -0.4 is 0 Å². The maximum Gasteiger partial charge on any atom is 0.332 e. The van der Waals surface area contributed by atoms with Crippen molar-refractivity contribution in [2.75, 3.05) is 0 Å². The molecule has 0 spiro atoms. The van der Waals surface area contributed by atoms with Crippen LogP contribution in [0.25, 0.3) is 0 Å². The van der Waals surface area contributed by atoms with E-state index in [1.54, 1.807) is 6.92 Å². The van der Waals surface area contributed by atoms with Gasteiger partial charge in [-0.2, -0.15) is 0 Å². The number of aliphatic carboxylic acids is 1. The van der Waals surface area contributed by atoms with Crippen LogP contribution in [0, 0.1) is 39.9 Å². The molecule has 0 aromatic heterocycles. The fraction of sp³-hybridized carbons (Fsp3) is 0.720. The van der Waals surface area contributed by atoms with Crippen molar-refractivity contribution < 1.29 is 19.5 Å². The van der Waals surface area contributed by atoms with Gasteiger partial charge in [0.25, 0.3) is 0 Å². The van der Waals surface area contributed by atoms with Crippen LogP contribution in [0.5, 0.6) is 0 Å². The molecule has 0 aromatic rings. The van der Waals surface area contributed by atoms with Crippen molar-refractivity contribution in [3.05, 3.63) is 23.8 Å². The summed E-state index contributed by atoms with van der Waals surface area (Å²) in [5.74, 6) is 0.998. The molecule has 158 valence electrons. The number of allylic oxidation sites excluding steroid dienone is 1. The number of hydrogen-bond donors (Lipinski definition) is 1. The maximum absolute atomic E-state index is 13.0. The first kappa shape index (κ1) is 20.6. The smallest absolute Gasteiger partial charge is 0.332 e. The normalized spacial score (nSPS) is 42.9. The molecule has 4 rings (SSSR count). The van der Waals surface area contributed by atoms with Crippen molar-refractivity contribution in [1.29, 1.82) is 0 Å². The molecule has 4 nitrogen and oxygen atoms in total. The van der Waals surface area contributed by atoms with E-state index in [2.05, 4.69) is 27.4 Å². The lowest BCUT2D eigenvalue weighted by Crippen LogP contribution is -2.55. The largest absolute Gasteiger partial charge is 0.478 e. The third-order valence-electron chi connectivity index (χ3n) is 9.52. The van der Waals surface area contributed by atoms with Crippen LogP contribution >= 0.6 is 0 Å². The molecule has 0 radical (unpaired) electrons. The molecule has 29 heavy (non-hydrogen) atoms. The molecule has 0 heterocycles. The van der Waals surface area contributed by atoms with Gasteiger partial charge in [-0.3, -0.25) is 9.59 Å². The standard InChI is InChI=1S/C25H34O4/c1-14(22(28)29)25(15(2)26)11-9-20-19-13-23(3,4)21-12-16(27)6-7-18(21)17(19)8-10-24(20,25)5/h12,17-20H,1,6-11,13H2,2-5H3,(H,28,29)/t17?,18-,19?,20?,24+,25-/m1/s1. The average molecular weight is 399 g/mol. The number of Topliss-reactive ketones (excluding diaryl/α,β-unsaturated/α-hetero) is 1. The fourth-order valence-corrected chi connectivity index (χ4v) is 8.27. The van der Waals surface area contributed by atoms with Gasteiger partial charge >= 0.3 is 5.97 Å². The summed E-state index contributed by atoms with van der Waals surface area (Å²) >= 11 is 0. The fourth-order valence-electron chi connectivity index (χ4n) is 8.27. The van der Waals surface area contributed by atoms with Crippen LogP contribution in [0.3, 0.4) is 0 Å². The molecule has 0 aliphatic heterocycles. The number of carboxylic acid groups (broad SMARTS) is 1. The zero-order valence-corrected chi connectivity index (χ0v) is 18.2. The molecule has 1 N–H and O–H groups in total. The zero-order chi connectivity index (χ0) is 21.4. The van der Waals surface area contributed by atoms with Gasteiger partial charge in [0.15, 0.2) is 5.78 Å². The first-order valence-corrected chi connectivity index (χ1v) is 11.1. The Kier molecular flexibility index (Phi) is 4.53. The first-order valence-electron chi connectivity index (χ1n) is 11.1. The monoisotopic (exact) mass is 398 g/mol.